The standard InChI is InChI=1S/C22H25NO2/c24-21-8-6-18(7-9-21)22(25)15-23-13-19-11-17(12-20(19)14-23)10-16-4-2-1-3-5-16/h1-9,17,19-20,24H,10-15H2/t17?,19-,20?/m0/s1. The number of fused-ring (bicyclic) bond motifs is 1. The summed E-state index contributed by atoms with van der Waals surface area (Å²) in [6, 6.07) is 17.4. The van der Waals surface area contributed by atoms with Crippen LogP contribution < -0.4 is 0 Å². The molecule has 1 aliphatic heterocycles. The molecule has 1 N–H and O–H groups in total. The number of benzene rings is 2. The van der Waals surface area contributed by atoms with Gasteiger partial charge in [0.05, 0.1) is 6.54 Å². The van der Waals surface area contributed by atoms with Gasteiger partial charge in [0.25, 0.3) is 0 Å². The molecule has 2 aromatic rings. The van der Waals surface area contributed by atoms with E-state index in [0.29, 0.717) is 12.1 Å². The highest BCUT2D eigenvalue weighted by molar-refractivity contribution is 5.97. The number of phenols is 1. The summed E-state index contributed by atoms with van der Waals surface area (Å²) >= 11 is 0. The molecule has 25 heavy (non-hydrogen) atoms. The van der Waals surface area contributed by atoms with E-state index in [4.69, 9.17) is 0 Å². The molecule has 2 unspecified atom stereocenters. The monoisotopic (exact) mass is 335 g/mol. The van der Waals surface area contributed by atoms with Crippen LogP contribution >= 0.6 is 0 Å². The molecule has 3 heteroatoms. The first-order valence-electron chi connectivity index (χ1n) is 9.26. The zero-order valence-electron chi connectivity index (χ0n) is 14.5. The Morgan fingerprint density at radius 1 is 0.960 bits per heavy atom. The zero-order chi connectivity index (χ0) is 17.2. The van der Waals surface area contributed by atoms with Crippen molar-refractivity contribution < 1.29 is 9.90 Å². The summed E-state index contributed by atoms with van der Waals surface area (Å²) in [5, 5.41) is 9.34. The summed E-state index contributed by atoms with van der Waals surface area (Å²) in [4.78, 5) is 14.7. The number of rotatable bonds is 5. The Morgan fingerprint density at radius 3 is 2.24 bits per heavy atom. The number of nitrogens with zero attached hydrogens (tertiary/aromatic N) is 1. The fraction of sp³-hybridized carbons (Fsp3) is 0.409. The molecule has 0 radical (unpaired) electrons. The Kier molecular flexibility index (Phi) is 4.58. The number of phenolic OH excluding ortho intramolecular Hbond substituents is 1. The molecule has 0 aromatic heterocycles. The van der Waals surface area contributed by atoms with Crippen LogP contribution in [0.25, 0.3) is 0 Å². The maximum Gasteiger partial charge on any atom is 0.176 e. The molecule has 0 bridgehead atoms. The van der Waals surface area contributed by atoms with Gasteiger partial charge >= 0.3 is 0 Å². The van der Waals surface area contributed by atoms with Crippen LogP contribution in [0, 0.1) is 17.8 Å². The van der Waals surface area contributed by atoms with Gasteiger partial charge in [-0.1, -0.05) is 30.3 Å². The lowest BCUT2D eigenvalue weighted by Gasteiger charge is -2.18. The first kappa shape index (κ1) is 16.3. The maximum atomic E-state index is 12.4. The van der Waals surface area contributed by atoms with Gasteiger partial charge in [0.1, 0.15) is 5.75 Å². The SMILES string of the molecule is O=C(CN1CC2CC(Cc3ccccc3)C[C@H]2C1)c1ccc(O)cc1. The summed E-state index contributed by atoms with van der Waals surface area (Å²) < 4.78 is 0. The average molecular weight is 335 g/mol. The van der Waals surface area contributed by atoms with Gasteiger partial charge in [0, 0.05) is 18.7 Å². The number of carbonyl (C=O) groups is 1. The fourth-order valence-electron chi connectivity index (χ4n) is 4.71. The minimum absolute atomic E-state index is 0.154. The van der Waals surface area contributed by atoms with Crippen molar-refractivity contribution in [2.75, 3.05) is 19.6 Å². The Bertz CT molecular complexity index is 711. The van der Waals surface area contributed by atoms with Crippen molar-refractivity contribution in [3.63, 3.8) is 0 Å². The molecule has 130 valence electrons. The van der Waals surface area contributed by atoms with E-state index in [0.717, 1.165) is 30.8 Å². The second-order valence-electron chi connectivity index (χ2n) is 7.71. The van der Waals surface area contributed by atoms with Crippen LogP contribution in [0.4, 0.5) is 0 Å². The highest BCUT2D eigenvalue weighted by Gasteiger charge is 2.40. The molecule has 2 aliphatic rings. The van der Waals surface area contributed by atoms with Crippen molar-refractivity contribution in [2.24, 2.45) is 17.8 Å². The predicted octanol–water partition coefficient (Wildman–Crippen LogP) is 3.78. The molecule has 1 saturated heterocycles. The van der Waals surface area contributed by atoms with E-state index in [1.54, 1.807) is 24.3 Å². The number of likely N-dealkylation sites (tertiary alicyclic amines) is 1. The fourth-order valence-corrected chi connectivity index (χ4v) is 4.71. The van der Waals surface area contributed by atoms with Crippen LogP contribution in [0.5, 0.6) is 5.75 Å². The number of aromatic hydroxyl groups is 1. The number of carbonyl (C=O) groups excluding carboxylic acids is 1. The van der Waals surface area contributed by atoms with Crippen LogP contribution in [0.3, 0.4) is 0 Å². The number of ketones is 1. The lowest BCUT2D eigenvalue weighted by atomic mass is 9.96. The molecule has 2 fully saturated rings. The first-order valence-corrected chi connectivity index (χ1v) is 9.26. The predicted molar refractivity (Wildman–Crippen MR) is 98.7 cm³/mol. The van der Waals surface area contributed by atoms with Crippen LogP contribution in [0.1, 0.15) is 28.8 Å². The Labute approximate surface area is 149 Å². The summed E-state index contributed by atoms with van der Waals surface area (Å²) in [7, 11) is 0. The second kappa shape index (κ2) is 7.01. The molecular formula is C22H25NO2. The smallest absolute Gasteiger partial charge is 0.176 e. The summed E-state index contributed by atoms with van der Waals surface area (Å²) in [5.41, 5.74) is 2.14. The zero-order valence-corrected chi connectivity index (χ0v) is 14.5. The van der Waals surface area contributed by atoms with Gasteiger partial charge in [-0.25, -0.2) is 0 Å². The number of Topliss-reactive ketones (excluding diaryl/α,β-unsaturated/α-hetero) is 1. The van der Waals surface area contributed by atoms with Gasteiger partial charge in [0.15, 0.2) is 5.78 Å². The Morgan fingerprint density at radius 2 is 1.60 bits per heavy atom. The maximum absolute atomic E-state index is 12.4. The molecule has 2 aromatic carbocycles. The Hall–Kier alpha value is -2.13. The van der Waals surface area contributed by atoms with Crippen molar-refractivity contribution in [1.29, 1.82) is 0 Å². The lowest BCUT2D eigenvalue weighted by molar-refractivity contribution is 0.0940. The van der Waals surface area contributed by atoms with Gasteiger partial charge in [-0.2, -0.15) is 0 Å². The minimum atomic E-state index is 0.154. The highest BCUT2D eigenvalue weighted by Crippen LogP contribution is 2.42. The quantitative estimate of drug-likeness (QED) is 0.846. The van der Waals surface area contributed by atoms with Crippen molar-refractivity contribution in [2.45, 2.75) is 19.3 Å². The lowest BCUT2D eigenvalue weighted by Crippen LogP contribution is -2.29. The number of hydrogen-bond donors (Lipinski definition) is 1. The molecule has 3 atom stereocenters. The van der Waals surface area contributed by atoms with Crippen LogP contribution in [-0.4, -0.2) is 35.4 Å². The Balaban J connectivity index is 1.29. The van der Waals surface area contributed by atoms with E-state index in [9.17, 15) is 9.90 Å². The van der Waals surface area contributed by atoms with Gasteiger partial charge in [-0.3, -0.25) is 9.69 Å². The van der Waals surface area contributed by atoms with Crippen molar-refractivity contribution in [3.8, 4) is 5.75 Å². The largest absolute Gasteiger partial charge is 0.508 e. The van der Waals surface area contributed by atoms with E-state index in [2.05, 4.69) is 35.2 Å². The van der Waals surface area contributed by atoms with E-state index in [1.807, 2.05) is 0 Å². The molecule has 4 rings (SSSR count). The molecule has 0 spiro atoms. The van der Waals surface area contributed by atoms with Crippen molar-refractivity contribution in [3.05, 3.63) is 65.7 Å². The van der Waals surface area contributed by atoms with Gasteiger partial charge < -0.3 is 5.11 Å². The van der Waals surface area contributed by atoms with E-state index >= 15 is 0 Å². The molecular weight excluding hydrogens is 310 g/mol. The van der Waals surface area contributed by atoms with E-state index in [-0.39, 0.29) is 11.5 Å². The highest BCUT2D eigenvalue weighted by atomic mass is 16.3. The molecule has 1 saturated carbocycles. The van der Waals surface area contributed by atoms with Gasteiger partial charge in [-0.15, -0.1) is 0 Å². The molecule has 1 heterocycles. The number of hydrogen-bond acceptors (Lipinski definition) is 3. The molecule has 0 amide bonds. The normalized spacial score (nSPS) is 25.8. The van der Waals surface area contributed by atoms with Crippen molar-refractivity contribution in [1.82, 2.24) is 4.90 Å². The van der Waals surface area contributed by atoms with Gasteiger partial charge in [-0.05, 0) is 66.8 Å². The van der Waals surface area contributed by atoms with Crippen LogP contribution in [-0.2, 0) is 6.42 Å². The minimum Gasteiger partial charge on any atom is -0.508 e. The first-order chi connectivity index (χ1) is 12.2. The second-order valence-corrected chi connectivity index (χ2v) is 7.71. The average Bonchev–Trinajstić information content (AvgIpc) is 3.14. The van der Waals surface area contributed by atoms with E-state index < -0.39 is 0 Å². The summed E-state index contributed by atoms with van der Waals surface area (Å²) in [6.07, 6.45) is 3.78. The molecule has 1 aliphatic carbocycles. The van der Waals surface area contributed by atoms with Gasteiger partial charge in [0.2, 0.25) is 0 Å². The van der Waals surface area contributed by atoms with Crippen LogP contribution in [0.2, 0.25) is 0 Å². The topological polar surface area (TPSA) is 40.5 Å². The van der Waals surface area contributed by atoms with Crippen molar-refractivity contribution >= 4 is 5.78 Å². The summed E-state index contributed by atoms with van der Waals surface area (Å²) in [5.74, 6) is 2.66. The third-order valence-corrected chi connectivity index (χ3v) is 5.85. The van der Waals surface area contributed by atoms with Crippen LogP contribution in [0.15, 0.2) is 54.6 Å². The van der Waals surface area contributed by atoms with E-state index in [1.165, 1.54) is 24.8 Å². The summed E-state index contributed by atoms with van der Waals surface area (Å²) in [6.45, 7) is 2.61. The third kappa shape index (κ3) is 3.77. The molecule has 3 nitrogen and oxygen atoms in total. The third-order valence-electron chi connectivity index (χ3n) is 5.85.